The molecule has 1 unspecified atom stereocenters. The number of hydrogen-bond donors (Lipinski definition) is 2. The van der Waals surface area contributed by atoms with Crippen LogP contribution < -0.4 is 5.32 Å². The molecule has 0 bridgehead atoms. The number of aromatic amines is 1. The summed E-state index contributed by atoms with van der Waals surface area (Å²) >= 11 is 0. The number of fused-ring (bicyclic) bond motifs is 1. The summed E-state index contributed by atoms with van der Waals surface area (Å²) < 4.78 is 1.75. The Labute approximate surface area is 149 Å². The van der Waals surface area contributed by atoms with Crippen LogP contribution in [0.3, 0.4) is 0 Å². The number of carbonyl (C=O) groups excluding carboxylic acids is 1. The lowest BCUT2D eigenvalue weighted by Gasteiger charge is -2.19. The van der Waals surface area contributed by atoms with Crippen molar-refractivity contribution >= 4 is 16.9 Å². The van der Waals surface area contributed by atoms with Crippen molar-refractivity contribution in [2.45, 2.75) is 19.0 Å². The normalized spacial score (nSPS) is 12.2. The van der Waals surface area contributed by atoms with E-state index in [1.165, 1.54) is 6.33 Å². The van der Waals surface area contributed by atoms with E-state index in [9.17, 15) is 4.79 Å². The summed E-state index contributed by atoms with van der Waals surface area (Å²) in [4.78, 5) is 21.0. The maximum Gasteiger partial charge on any atom is 0.270 e. The maximum absolute atomic E-state index is 12.7. The molecule has 8 heteroatoms. The standard InChI is InChI=1S/C18H17N7O/c26-18(16-7-6-14-10-20-24-17(14)22-16)23-15(13-4-2-1-3-5-13)8-9-25-12-19-11-21-25/h1-7,10-12,15H,8-9H2,(H,23,26)(H,20,22,24). The first-order valence-corrected chi connectivity index (χ1v) is 8.28. The third-order valence-electron chi connectivity index (χ3n) is 4.15. The zero-order valence-corrected chi connectivity index (χ0v) is 13.9. The number of hydrogen-bond acceptors (Lipinski definition) is 5. The van der Waals surface area contributed by atoms with Crippen molar-refractivity contribution in [3.63, 3.8) is 0 Å². The minimum Gasteiger partial charge on any atom is -0.344 e. The van der Waals surface area contributed by atoms with Crippen molar-refractivity contribution in [3.05, 3.63) is 72.6 Å². The highest BCUT2D eigenvalue weighted by molar-refractivity contribution is 5.94. The quantitative estimate of drug-likeness (QED) is 0.556. The first-order valence-electron chi connectivity index (χ1n) is 8.28. The molecule has 4 aromatic rings. The number of carbonyl (C=O) groups is 1. The zero-order chi connectivity index (χ0) is 17.8. The summed E-state index contributed by atoms with van der Waals surface area (Å²) in [5, 5.41) is 14.8. The van der Waals surface area contributed by atoms with Gasteiger partial charge in [0.25, 0.3) is 5.91 Å². The number of aromatic nitrogens is 6. The SMILES string of the molecule is O=C(NC(CCn1cncn1)c1ccccc1)c1ccc2cn[nH]c2n1. The summed E-state index contributed by atoms with van der Waals surface area (Å²) in [5.74, 6) is -0.228. The molecule has 8 nitrogen and oxygen atoms in total. The number of amides is 1. The van der Waals surface area contributed by atoms with Crippen LogP contribution in [0.1, 0.15) is 28.5 Å². The molecule has 0 aliphatic carbocycles. The molecular weight excluding hydrogens is 330 g/mol. The Morgan fingerprint density at radius 2 is 2.08 bits per heavy atom. The molecule has 1 amide bonds. The zero-order valence-electron chi connectivity index (χ0n) is 13.9. The first kappa shape index (κ1) is 15.9. The van der Waals surface area contributed by atoms with Crippen molar-refractivity contribution in [2.24, 2.45) is 0 Å². The van der Waals surface area contributed by atoms with Crippen molar-refractivity contribution < 1.29 is 4.79 Å². The second-order valence-corrected chi connectivity index (χ2v) is 5.89. The number of pyridine rings is 1. The Hall–Kier alpha value is -3.55. The van der Waals surface area contributed by atoms with Crippen LogP contribution in [0.2, 0.25) is 0 Å². The number of aryl methyl sites for hydroxylation is 1. The fourth-order valence-electron chi connectivity index (χ4n) is 2.80. The van der Waals surface area contributed by atoms with Gasteiger partial charge < -0.3 is 5.32 Å². The summed E-state index contributed by atoms with van der Waals surface area (Å²) in [6, 6.07) is 13.2. The second kappa shape index (κ2) is 7.14. The fraction of sp³-hybridized carbons (Fsp3) is 0.167. The van der Waals surface area contributed by atoms with E-state index in [1.54, 1.807) is 23.3 Å². The van der Waals surface area contributed by atoms with Gasteiger partial charge >= 0.3 is 0 Å². The lowest BCUT2D eigenvalue weighted by molar-refractivity contribution is 0.0928. The highest BCUT2D eigenvalue weighted by atomic mass is 16.1. The lowest BCUT2D eigenvalue weighted by Crippen LogP contribution is -2.30. The summed E-state index contributed by atoms with van der Waals surface area (Å²) in [5.41, 5.74) is 1.98. The van der Waals surface area contributed by atoms with Gasteiger partial charge in [-0.15, -0.1) is 0 Å². The molecule has 26 heavy (non-hydrogen) atoms. The van der Waals surface area contributed by atoms with Crippen LogP contribution in [0.25, 0.3) is 11.0 Å². The highest BCUT2D eigenvalue weighted by Crippen LogP contribution is 2.18. The Balaban J connectivity index is 1.53. The Bertz CT molecular complexity index is 995. The fourth-order valence-corrected chi connectivity index (χ4v) is 2.80. The van der Waals surface area contributed by atoms with Gasteiger partial charge in [0.1, 0.15) is 18.3 Å². The van der Waals surface area contributed by atoms with Crippen molar-refractivity contribution in [2.75, 3.05) is 0 Å². The summed E-state index contributed by atoms with van der Waals surface area (Å²) in [6.45, 7) is 0.646. The Morgan fingerprint density at radius 1 is 1.19 bits per heavy atom. The molecule has 0 aliphatic heterocycles. The molecular formula is C18H17N7O. The van der Waals surface area contributed by atoms with E-state index in [4.69, 9.17) is 0 Å². The van der Waals surface area contributed by atoms with Crippen molar-refractivity contribution in [3.8, 4) is 0 Å². The lowest BCUT2D eigenvalue weighted by atomic mass is 10.0. The molecule has 0 aliphatic rings. The summed E-state index contributed by atoms with van der Waals surface area (Å²) in [6.07, 6.45) is 5.53. The molecule has 0 fully saturated rings. The molecule has 1 atom stereocenters. The molecule has 0 spiro atoms. The Morgan fingerprint density at radius 3 is 2.88 bits per heavy atom. The molecule has 4 rings (SSSR count). The number of benzene rings is 1. The van der Waals surface area contributed by atoms with Crippen LogP contribution in [0.4, 0.5) is 0 Å². The largest absolute Gasteiger partial charge is 0.344 e. The van der Waals surface area contributed by atoms with Gasteiger partial charge in [0.05, 0.1) is 12.2 Å². The van der Waals surface area contributed by atoms with Crippen LogP contribution in [-0.2, 0) is 6.54 Å². The van der Waals surface area contributed by atoms with Gasteiger partial charge in [-0.25, -0.2) is 9.97 Å². The van der Waals surface area contributed by atoms with Crippen molar-refractivity contribution in [1.29, 1.82) is 0 Å². The van der Waals surface area contributed by atoms with E-state index in [0.717, 1.165) is 10.9 Å². The van der Waals surface area contributed by atoms with E-state index in [-0.39, 0.29) is 11.9 Å². The van der Waals surface area contributed by atoms with Crippen LogP contribution in [0.15, 0.2) is 61.3 Å². The van der Waals surface area contributed by atoms with E-state index in [2.05, 4.69) is 30.6 Å². The van der Waals surface area contributed by atoms with E-state index in [0.29, 0.717) is 24.3 Å². The second-order valence-electron chi connectivity index (χ2n) is 5.89. The molecule has 2 N–H and O–H groups in total. The molecule has 3 aromatic heterocycles. The van der Waals surface area contributed by atoms with Gasteiger partial charge in [-0.2, -0.15) is 10.2 Å². The van der Waals surface area contributed by atoms with Gasteiger partial charge in [0.2, 0.25) is 0 Å². The molecule has 0 saturated carbocycles. The van der Waals surface area contributed by atoms with Crippen LogP contribution in [0, 0.1) is 0 Å². The highest BCUT2D eigenvalue weighted by Gasteiger charge is 2.17. The van der Waals surface area contributed by atoms with E-state index in [1.807, 2.05) is 36.4 Å². The average Bonchev–Trinajstić information content (AvgIpc) is 3.36. The number of nitrogens with one attached hydrogen (secondary N) is 2. The molecule has 1 aromatic carbocycles. The minimum atomic E-state index is -0.228. The first-order chi connectivity index (χ1) is 12.8. The van der Waals surface area contributed by atoms with Crippen molar-refractivity contribution in [1.82, 2.24) is 35.3 Å². The van der Waals surface area contributed by atoms with Crippen LogP contribution >= 0.6 is 0 Å². The third kappa shape index (κ3) is 3.44. The molecule has 3 heterocycles. The predicted octanol–water partition coefficient (Wildman–Crippen LogP) is 2.11. The number of nitrogens with zero attached hydrogens (tertiary/aromatic N) is 5. The van der Waals surface area contributed by atoms with E-state index < -0.39 is 0 Å². The molecule has 0 saturated heterocycles. The number of H-pyrrole nitrogens is 1. The molecule has 0 radical (unpaired) electrons. The monoisotopic (exact) mass is 347 g/mol. The summed E-state index contributed by atoms with van der Waals surface area (Å²) in [7, 11) is 0. The predicted molar refractivity (Wildman–Crippen MR) is 95.2 cm³/mol. The van der Waals surface area contributed by atoms with Gasteiger partial charge in [0.15, 0.2) is 5.65 Å². The van der Waals surface area contributed by atoms with Gasteiger partial charge in [-0.3, -0.25) is 14.6 Å². The minimum absolute atomic E-state index is 0.160. The maximum atomic E-state index is 12.7. The number of rotatable bonds is 6. The smallest absolute Gasteiger partial charge is 0.270 e. The van der Waals surface area contributed by atoms with Crippen LogP contribution in [-0.4, -0.2) is 35.9 Å². The topological polar surface area (TPSA) is 101 Å². The van der Waals surface area contributed by atoms with Gasteiger partial charge in [0, 0.05) is 11.9 Å². The van der Waals surface area contributed by atoms with E-state index >= 15 is 0 Å². The van der Waals surface area contributed by atoms with Gasteiger partial charge in [-0.1, -0.05) is 30.3 Å². The third-order valence-corrected chi connectivity index (χ3v) is 4.15. The molecule has 130 valence electrons. The van der Waals surface area contributed by atoms with Crippen LogP contribution in [0.5, 0.6) is 0 Å². The van der Waals surface area contributed by atoms with Gasteiger partial charge in [-0.05, 0) is 24.1 Å². The Kier molecular flexibility index (Phi) is 4.38. The average molecular weight is 347 g/mol.